The van der Waals surface area contributed by atoms with Crippen molar-refractivity contribution in [3.05, 3.63) is 30.5 Å². The highest BCUT2D eigenvalue weighted by Crippen LogP contribution is 2.31. The number of hydrogen-bond donors (Lipinski definition) is 1. The lowest BCUT2D eigenvalue weighted by Gasteiger charge is -2.15. The predicted molar refractivity (Wildman–Crippen MR) is 75.9 cm³/mol. The lowest BCUT2D eigenvalue weighted by molar-refractivity contribution is -0.0572. The number of rotatable bonds is 5. The van der Waals surface area contributed by atoms with Gasteiger partial charge in [0.25, 0.3) is 0 Å². The Kier molecular flexibility index (Phi) is 4.16. The van der Waals surface area contributed by atoms with Crippen LogP contribution >= 0.6 is 11.6 Å². The molecule has 0 saturated carbocycles. The molecule has 1 aliphatic rings. The first-order valence-corrected chi connectivity index (χ1v) is 6.93. The molecule has 8 heteroatoms. The van der Waals surface area contributed by atoms with Gasteiger partial charge in [0, 0.05) is 6.42 Å². The minimum Gasteiger partial charge on any atom is -0.390 e. The third kappa shape index (κ3) is 2.77. The predicted octanol–water partition coefficient (Wildman–Crippen LogP) is 1.33. The van der Waals surface area contributed by atoms with E-state index in [0.717, 1.165) is 0 Å². The zero-order chi connectivity index (χ0) is 14.8. The normalized spacial score (nSPS) is 25.5. The van der Waals surface area contributed by atoms with Gasteiger partial charge in [-0.2, -0.15) is 0 Å². The van der Waals surface area contributed by atoms with Crippen LogP contribution in [0.4, 0.5) is 0 Å². The molecule has 0 radical (unpaired) electrons. The van der Waals surface area contributed by atoms with Gasteiger partial charge in [-0.15, -0.1) is 6.58 Å². The van der Waals surface area contributed by atoms with Gasteiger partial charge in [0.2, 0.25) is 0 Å². The molecule has 3 atom stereocenters. The van der Waals surface area contributed by atoms with Gasteiger partial charge in [-0.1, -0.05) is 17.7 Å². The van der Waals surface area contributed by atoms with Crippen LogP contribution in [0.1, 0.15) is 12.6 Å². The summed E-state index contributed by atoms with van der Waals surface area (Å²) in [5.41, 5.74) is 1.10. The molecule has 0 bridgehead atoms. The number of ether oxygens (including phenoxy) is 2. The monoisotopic (exact) mass is 310 g/mol. The second-order valence-corrected chi connectivity index (χ2v) is 5.10. The maximum Gasteiger partial charge on any atom is 0.166 e. The fourth-order valence-electron chi connectivity index (χ4n) is 2.34. The first kappa shape index (κ1) is 14.4. The number of aliphatic hydroxyl groups excluding tert-OH is 1. The molecule has 21 heavy (non-hydrogen) atoms. The summed E-state index contributed by atoms with van der Waals surface area (Å²) < 4.78 is 12.9. The SMILES string of the molecule is C=CCOC[C@H]1O[C@@H](n2cnc3c(Cl)ncnc32)C[C@@H]1O. The third-order valence-corrected chi connectivity index (χ3v) is 3.62. The van der Waals surface area contributed by atoms with E-state index < -0.39 is 6.10 Å². The van der Waals surface area contributed by atoms with Crippen LogP contribution in [-0.2, 0) is 9.47 Å². The Labute approximate surface area is 126 Å². The van der Waals surface area contributed by atoms with Crippen molar-refractivity contribution in [2.24, 2.45) is 0 Å². The van der Waals surface area contributed by atoms with E-state index in [2.05, 4.69) is 21.5 Å². The highest BCUT2D eigenvalue weighted by molar-refractivity contribution is 6.33. The number of hydrogen-bond acceptors (Lipinski definition) is 6. The molecular weight excluding hydrogens is 296 g/mol. The molecule has 1 N–H and O–H groups in total. The van der Waals surface area contributed by atoms with Crippen molar-refractivity contribution >= 4 is 22.8 Å². The molecule has 1 aliphatic heterocycles. The number of aliphatic hydroxyl groups is 1. The van der Waals surface area contributed by atoms with E-state index in [1.165, 1.54) is 6.33 Å². The van der Waals surface area contributed by atoms with E-state index in [1.807, 2.05) is 0 Å². The molecule has 0 aliphatic carbocycles. The molecule has 2 aromatic rings. The number of halogens is 1. The molecule has 112 valence electrons. The van der Waals surface area contributed by atoms with Gasteiger partial charge in [0.1, 0.15) is 24.2 Å². The quantitative estimate of drug-likeness (QED) is 0.510. The smallest absolute Gasteiger partial charge is 0.166 e. The molecule has 0 aromatic carbocycles. The minimum atomic E-state index is -0.602. The van der Waals surface area contributed by atoms with E-state index in [1.54, 1.807) is 17.0 Å². The van der Waals surface area contributed by atoms with Gasteiger partial charge in [-0.25, -0.2) is 15.0 Å². The summed E-state index contributed by atoms with van der Waals surface area (Å²) in [7, 11) is 0. The van der Waals surface area contributed by atoms with E-state index in [0.29, 0.717) is 36.0 Å². The molecule has 0 amide bonds. The summed E-state index contributed by atoms with van der Waals surface area (Å²) in [6.07, 6.45) is 3.72. The number of imidazole rings is 1. The van der Waals surface area contributed by atoms with Crippen LogP contribution in [0.5, 0.6) is 0 Å². The molecule has 3 rings (SSSR count). The Bertz CT molecular complexity index is 647. The van der Waals surface area contributed by atoms with Crippen molar-refractivity contribution < 1.29 is 14.6 Å². The topological polar surface area (TPSA) is 82.3 Å². The van der Waals surface area contributed by atoms with E-state index in [9.17, 15) is 5.11 Å². The van der Waals surface area contributed by atoms with Crippen molar-refractivity contribution in [1.29, 1.82) is 0 Å². The Balaban J connectivity index is 1.78. The first-order chi connectivity index (χ1) is 10.2. The number of fused-ring (bicyclic) bond motifs is 1. The molecule has 0 spiro atoms. The number of aromatic nitrogens is 4. The van der Waals surface area contributed by atoms with Crippen LogP contribution in [-0.4, -0.2) is 50.0 Å². The van der Waals surface area contributed by atoms with E-state index in [4.69, 9.17) is 21.1 Å². The molecular formula is C13H15ClN4O3. The van der Waals surface area contributed by atoms with Crippen molar-refractivity contribution in [1.82, 2.24) is 19.5 Å². The summed E-state index contributed by atoms with van der Waals surface area (Å²) in [6, 6.07) is 0. The summed E-state index contributed by atoms with van der Waals surface area (Å²) in [5.74, 6) is 0. The van der Waals surface area contributed by atoms with Gasteiger partial charge in [0.05, 0.1) is 25.6 Å². The van der Waals surface area contributed by atoms with Crippen molar-refractivity contribution in [3.8, 4) is 0 Å². The van der Waals surface area contributed by atoms with Gasteiger partial charge in [-0.05, 0) is 0 Å². The van der Waals surface area contributed by atoms with E-state index >= 15 is 0 Å². The minimum absolute atomic E-state index is 0.295. The standard InChI is InChI=1S/C13H15ClN4O3/c1-2-3-20-5-9-8(19)4-10(21-9)18-7-17-11-12(14)15-6-16-13(11)18/h2,6-10,19H,1,3-5H2/t8-,9+,10+/m0/s1. The Morgan fingerprint density at radius 3 is 3.19 bits per heavy atom. The molecule has 2 aromatic heterocycles. The summed E-state index contributed by atoms with van der Waals surface area (Å²) in [4.78, 5) is 12.2. The molecule has 3 heterocycles. The highest BCUT2D eigenvalue weighted by Gasteiger charge is 2.35. The van der Waals surface area contributed by atoms with Gasteiger partial charge in [0.15, 0.2) is 10.8 Å². The highest BCUT2D eigenvalue weighted by atomic mass is 35.5. The average molecular weight is 311 g/mol. The summed E-state index contributed by atoms with van der Waals surface area (Å²) in [6.45, 7) is 4.31. The Morgan fingerprint density at radius 1 is 1.52 bits per heavy atom. The van der Waals surface area contributed by atoms with Crippen LogP contribution in [0.3, 0.4) is 0 Å². The van der Waals surface area contributed by atoms with Crippen molar-refractivity contribution in [2.75, 3.05) is 13.2 Å². The zero-order valence-electron chi connectivity index (χ0n) is 11.2. The first-order valence-electron chi connectivity index (χ1n) is 6.56. The second kappa shape index (κ2) is 6.07. The van der Waals surface area contributed by atoms with Crippen molar-refractivity contribution in [2.45, 2.75) is 24.9 Å². The fourth-order valence-corrected chi connectivity index (χ4v) is 2.51. The summed E-state index contributed by atoms with van der Waals surface area (Å²) in [5, 5.41) is 10.4. The van der Waals surface area contributed by atoms with Gasteiger partial charge >= 0.3 is 0 Å². The molecule has 7 nitrogen and oxygen atoms in total. The lowest BCUT2D eigenvalue weighted by Crippen LogP contribution is -2.26. The lowest BCUT2D eigenvalue weighted by atomic mass is 10.2. The number of nitrogens with zero attached hydrogens (tertiary/aromatic N) is 4. The zero-order valence-corrected chi connectivity index (χ0v) is 12.0. The van der Waals surface area contributed by atoms with Gasteiger partial charge < -0.3 is 14.6 Å². The summed E-state index contributed by atoms with van der Waals surface area (Å²) >= 11 is 5.97. The van der Waals surface area contributed by atoms with Gasteiger partial charge in [-0.3, -0.25) is 4.57 Å². The van der Waals surface area contributed by atoms with Crippen LogP contribution in [0.25, 0.3) is 11.2 Å². The maximum atomic E-state index is 10.1. The Hall–Kier alpha value is -1.54. The molecule has 0 unspecified atom stereocenters. The third-order valence-electron chi connectivity index (χ3n) is 3.35. The fraction of sp³-hybridized carbons (Fsp3) is 0.462. The van der Waals surface area contributed by atoms with Crippen LogP contribution in [0, 0.1) is 0 Å². The second-order valence-electron chi connectivity index (χ2n) is 4.75. The van der Waals surface area contributed by atoms with Crippen LogP contribution in [0.2, 0.25) is 5.15 Å². The average Bonchev–Trinajstić information content (AvgIpc) is 3.04. The van der Waals surface area contributed by atoms with Crippen LogP contribution < -0.4 is 0 Å². The molecule has 1 fully saturated rings. The van der Waals surface area contributed by atoms with Crippen molar-refractivity contribution in [3.63, 3.8) is 0 Å². The maximum absolute atomic E-state index is 10.1. The van der Waals surface area contributed by atoms with Crippen LogP contribution in [0.15, 0.2) is 25.3 Å². The Morgan fingerprint density at radius 2 is 2.38 bits per heavy atom. The largest absolute Gasteiger partial charge is 0.390 e. The van der Waals surface area contributed by atoms with E-state index in [-0.39, 0.29) is 12.3 Å². The molecule has 1 saturated heterocycles.